The second kappa shape index (κ2) is 9.77. The first-order chi connectivity index (χ1) is 12.6. The Hall–Kier alpha value is -3.42. The van der Waals surface area contributed by atoms with E-state index in [-0.39, 0.29) is 6.42 Å². The van der Waals surface area contributed by atoms with Gasteiger partial charge in [0, 0.05) is 18.9 Å². The fourth-order valence-corrected chi connectivity index (χ4v) is 2.06. The van der Waals surface area contributed by atoms with Gasteiger partial charge < -0.3 is 14.8 Å². The summed E-state index contributed by atoms with van der Waals surface area (Å²) in [5.41, 5.74) is 3.88. The number of aromatic nitrogens is 1. The minimum absolute atomic E-state index is 0.314. The molecule has 0 saturated carbocycles. The summed E-state index contributed by atoms with van der Waals surface area (Å²) in [5, 5.41) is 6.48. The number of pyridine rings is 1. The highest BCUT2D eigenvalue weighted by Gasteiger charge is 2.08. The van der Waals surface area contributed by atoms with Crippen molar-refractivity contribution in [3.8, 4) is 11.5 Å². The predicted molar refractivity (Wildman–Crippen MR) is 96.0 cm³/mol. The van der Waals surface area contributed by atoms with Crippen LogP contribution in [0.3, 0.4) is 0 Å². The summed E-state index contributed by atoms with van der Waals surface area (Å²) in [6.07, 6.45) is 4.43. The summed E-state index contributed by atoms with van der Waals surface area (Å²) in [7, 11) is 3.08. The predicted octanol–water partition coefficient (Wildman–Crippen LogP) is 1.26. The molecular formula is C18H20N4O4. The normalized spacial score (nSPS) is 10.4. The largest absolute Gasteiger partial charge is 0.493 e. The fraction of sp³-hybridized carbons (Fsp3) is 0.222. The van der Waals surface area contributed by atoms with Crippen molar-refractivity contribution in [1.82, 2.24) is 15.7 Å². The topological polar surface area (TPSA) is 102 Å². The minimum atomic E-state index is -0.509. The van der Waals surface area contributed by atoms with Crippen molar-refractivity contribution in [2.45, 2.75) is 13.0 Å². The second-order valence-corrected chi connectivity index (χ2v) is 5.22. The third kappa shape index (κ3) is 5.90. The molecule has 0 atom stereocenters. The molecule has 0 unspecified atom stereocenters. The molecule has 2 amide bonds. The number of rotatable bonds is 8. The Balaban J connectivity index is 1.79. The standard InChI is InChI=1S/C18H20N4O4/c1-25-15-6-5-13(8-16(15)26-2)12-21-22-18(24)9-17(23)20-11-14-4-3-7-19-10-14/h3-8,10,12H,9,11H2,1-2H3,(H,20,23)(H,22,24). The molecule has 0 radical (unpaired) electrons. The van der Waals surface area contributed by atoms with Crippen molar-refractivity contribution in [3.05, 3.63) is 53.9 Å². The third-order valence-corrected chi connectivity index (χ3v) is 3.34. The number of benzene rings is 1. The van der Waals surface area contributed by atoms with Crippen molar-refractivity contribution in [2.24, 2.45) is 5.10 Å². The van der Waals surface area contributed by atoms with Gasteiger partial charge in [-0.15, -0.1) is 0 Å². The van der Waals surface area contributed by atoms with Crippen molar-refractivity contribution in [1.29, 1.82) is 0 Å². The molecule has 0 saturated heterocycles. The maximum atomic E-state index is 11.7. The van der Waals surface area contributed by atoms with Gasteiger partial charge in [-0.3, -0.25) is 14.6 Å². The highest BCUT2D eigenvalue weighted by Crippen LogP contribution is 2.26. The minimum Gasteiger partial charge on any atom is -0.493 e. The average molecular weight is 356 g/mol. The molecule has 0 aliphatic heterocycles. The van der Waals surface area contributed by atoms with Gasteiger partial charge in [0.15, 0.2) is 11.5 Å². The van der Waals surface area contributed by atoms with Crippen molar-refractivity contribution < 1.29 is 19.1 Å². The van der Waals surface area contributed by atoms with E-state index in [0.29, 0.717) is 23.6 Å². The molecular weight excluding hydrogens is 336 g/mol. The molecule has 1 aromatic carbocycles. The summed E-state index contributed by atoms with van der Waals surface area (Å²) in [5.74, 6) is 0.245. The van der Waals surface area contributed by atoms with E-state index < -0.39 is 11.8 Å². The van der Waals surface area contributed by atoms with Crippen LogP contribution in [0.5, 0.6) is 11.5 Å². The highest BCUT2D eigenvalue weighted by molar-refractivity contribution is 5.97. The van der Waals surface area contributed by atoms with Crippen LogP contribution in [0.25, 0.3) is 0 Å². The molecule has 8 heteroatoms. The van der Waals surface area contributed by atoms with E-state index in [0.717, 1.165) is 5.56 Å². The highest BCUT2D eigenvalue weighted by atomic mass is 16.5. The number of methoxy groups -OCH3 is 2. The van der Waals surface area contributed by atoms with E-state index in [2.05, 4.69) is 20.8 Å². The molecule has 1 aromatic heterocycles. The average Bonchev–Trinajstić information content (AvgIpc) is 2.67. The zero-order valence-corrected chi connectivity index (χ0v) is 14.6. The van der Waals surface area contributed by atoms with Crippen LogP contribution in [0.1, 0.15) is 17.5 Å². The van der Waals surface area contributed by atoms with E-state index in [1.807, 2.05) is 6.07 Å². The monoisotopic (exact) mass is 356 g/mol. The zero-order chi connectivity index (χ0) is 18.8. The number of hydrogen-bond acceptors (Lipinski definition) is 6. The lowest BCUT2D eigenvalue weighted by Crippen LogP contribution is -2.29. The van der Waals surface area contributed by atoms with Gasteiger partial charge in [-0.05, 0) is 35.4 Å². The van der Waals surface area contributed by atoms with Crippen LogP contribution < -0.4 is 20.2 Å². The summed E-state index contributed by atoms with van der Waals surface area (Å²) < 4.78 is 10.3. The van der Waals surface area contributed by atoms with Gasteiger partial charge in [-0.1, -0.05) is 6.07 Å². The number of carbonyl (C=O) groups excluding carboxylic acids is 2. The van der Waals surface area contributed by atoms with Crippen molar-refractivity contribution in [3.63, 3.8) is 0 Å². The van der Waals surface area contributed by atoms with Crippen LogP contribution in [0.2, 0.25) is 0 Å². The fourth-order valence-electron chi connectivity index (χ4n) is 2.06. The lowest BCUT2D eigenvalue weighted by molar-refractivity contribution is -0.129. The Morgan fingerprint density at radius 2 is 1.96 bits per heavy atom. The molecule has 0 spiro atoms. The first-order valence-electron chi connectivity index (χ1n) is 7.82. The van der Waals surface area contributed by atoms with Crippen molar-refractivity contribution in [2.75, 3.05) is 14.2 Å². The van der Waals surface area contributed by atoms with Gasteiger partial charge in [-0.2, -0.15) is 5.10 Å². The number of ether oxygens (including phenoxy) is 2. The molecule has 0 aliphatic carbocycles. The van der Waals surface area contributed by atoms with Crippen LogP contribution in [-0.2, 0) is 16.1 Å². The van der Waals surface area contributed by atoms with Crippen LogP contribution in [0.4, 0.5) is 0 Å². The lowest BCUT2D eigenvalue weighted by atomic mass is 10.2. The summed E-state index contributed by atoms with van der Waals surface area (Å²) in [4.78, 5) is 27.4. The maximum Gasteiger partial charge on any atom is 0.249 e. The molecule has 26 heavy (non-hydrogen) atoms. The summed E-state index contributed by atoms with van der Waals surface area (Å²) in [6, 6.07) is 8.82. The Morgan fingerprint density at radius 1 is 1.15 bits per heavy atom. The number of amides is 2. The molecule has 0 fully saturated rings. The molecule has 136 valence electrons. The molecule has 2 aromatic rings. The number of nitrogens with one attached hydrogen (secondary N) is 2. The number of nitrogens with zero attached hydrogens (tertiary/aromatic N) is 2. The van der Waals surface area contributed by atoms with Gasteiger partial charge in [0.1, 0.15) is 6.42 Å². The SMILES string of the molecule is COc1ccc(C=NNC(=O)CC(=O)NCc2cccnc2)cc1OC. The third-order valence-electron chi connectivity index (χ3n) is 3.34. The van der Waals surface area contributed by atoms with Gasteiger partial charge >= 0.3 is 0 Å². The molecule has 1 heterocycles. The van der Waals surface area contributed by atoms with E-state index >= 15 is 0 Å². The number of hydrazone groups is 1. The lowest BCUT2D eigenvalue weighted by Gasteiger charge is -2.07. The molecule has 0 bridgehead atoms. The van der Waals surface area contributed by atoms with Crippen molar-refractivity contribution >= 4 is 18.0 Å². The Bertz CT molecular complexity index is 778. The Labute approximate surface area is 151 Å². The zero-order valence-electron chi connectivity index (χ0n) is 14.6. The van der Waals surface area contributed by atoms with E-state index in [1.165, 1.54) is 13.3 Å². The van der Waals surface area contributed by atoms with Crippen LogP contribution in [0.15, 0.2) is 47.8 Å². The van der Waals surface area contributed by atoms with Crippen LogP contribution in [0, 0.1) is 0 Å². The Morgan fingerprint density at radius 3 is 2.65 bits per heavy atom. The van der Waals surface area contributed by atoms with E-state index in [4.69, 9.17) is 9.47 Å². The summed E-state index contributed by atoms with van der Waals surface area (Å²) in [6.45, 7) is 0.314. The first-order valence-corrected chi connectivity index (χ1v) is 7.82. The van der Waals surface area contributed by atoms with Gasteiger partial charge in [-0.25, -0.2) is 5.43 Å². The summed E-state index contributed by atoms with van der Waals surface area (Å²) >= 11 is 0. The van der Waals surface area contributed by atoms with E-state index in [9.17, 15) is 9.59 Å². The Kier molecular flexibility index (Phi) is 7.11. The first kappa shape index (κ1) is 18.9. The molecule has 2 rings (SSSR count). The van der Waals surface area contributed by atoms with Crippen LogP contribution in [-0.4, -0.2) is 37.2 Å². The molecule has 8 nitrogen and oxygen atoms in total. The van der Waals surface area contributed by atoms with E-state index in [1.54, 1.807) is 43.8 Å². The smallest absolute Gasteiger partial charge is 0.249 e. The quantitative estimate of drug-likeness (QED) is 0.421. The van der Waals surface area contributed by atoms with Gasteiger partial charge in [0.25, 0.3) is 0 Å². The van der Waals surface area contributed by atoms with Gasteiger partial charge in [0.05, 0.1) is 20.4 Å². The molecule has 2 N–H and O–H groups in total. The number of carbonyl (C=O) groups is 2. The van der Waals surface area contributed by atoms with Gasteiger partial charge in [0.2, 0.25) is 11.8 Å². The molecule has 0 aliphatic rings. The second-order valence-electron chi connectivity index (χ2n) is 5.22. The maximum absolute atomic E-state index is 11.7. The van der Waals surface area contributed by atoms with Crippen LogP contribution >= 0.6 is 0 Å². The number of hydrogen-bond donors (Lipinski definition) is 2.